The number of nitrogens with one attached hydrogen (secondary N) is 1. The first-order valence-corrected chi connectivity index (χ1v) is 8.72. The molecule has 6 nitrogen and oxygen atoms in total. The van der Waals surface area contributed by atoms with Gasteiger partial charge in [0.2, 0.25) is 0 Å². The number of aromatic nitrogens is 4. The van der Waals surface area contributed by atoms with Gasteiger partial charge in [0.05, 0.1) is 11.7 Å². The smallest absolute Gasteiger partial charge is 0.265 e. The van der Waals surface area contributed by atoms with E-state index in [9.17, 15) is 0 Å². The lowest BCUT2D eigenvalue weighted by atomic mass is 10.2. The zero-order chi connectivity index (χ0) is 17.2. The fourth-order valence-corrected chi connectivity index (χ4v) is 3.05. The van der Waals surface area contributed by atoms with Crippen molar-refractivity contribution in [2.75, 3.05) is 5.43 Å². The molecule has 25 heavy (non-hydrogen) atoms. The van der Waals surface area contributed by atoms with Gasteiger partial charge in [-0.15, -0.1) is 10.2 Å². The average molecular weight is 395 g/mol. The van der Waals surface area contributed by atoms with Gasteiger partial charge in [-0.3, -0.25) is 0 Å². The fraction of sp³-hybridized carbons (Fsp3) is 0.111. The van der Waals surface area contributed by atoms with E-state index < -0.39 is 0 Å². The number of nitrogens with zero attached hydrogens (tertiary/aromatic N) is 5. The zero-order valence-corrected chi connectivity index (χ0v) is 15.1. The first-order chi connectivity index (χ1) is 12.3. The molecular formula is C18H15BrN6. The standard InChI is InChI=1S/C18H15BrN6/c1-2-25-15-6-4-3-5-14(15)16-17(25)21-18(24-22-16)23-20-11-12-7-9-13(19)10-8-12/h3-11H,2H2,1H3,(H,21,23,24). The first kappa shape index (κ1) is 15.7. The third-order valence-corrected chi connectivity index (χ3v) is 4.47. The van der Waals surface area contributed by atoms with Crippen molar-refractivity contribution < 1.29 is 0 Å². The number of fused-ring (bicyclic) bond motifs is 3. The van der Waals surface area contributed by atoms with Crippen LogP contribution in [0.15, 0.2) is 58.1 Å². The lowest BCUT2D eigenvalue weighted by Gasteiger charge is -2.02. The average Bonchev–Trinajstić information content (AvgIpc) is 2.96. The molecule has 0 atom stereocenters. The first-order valence-electron chi connectivity index (χ1n) is 7.92. The molecule has 1 N–H and O–H groups in total. The van der Waals surface area contributed by atoms with Gasteiger partial charge in [0.1, 0.15) is 5.52 Å². The molecule has 0 radical (unpaired) electrons. The van der Waals surface area contributed by atoms with Gasteiger partial charge in [0.15, 0.2) is 5.65 Å². The summed E-state index contributed by atoms with van der Waals surface area (Å²) in [4.78, 5) is 4.59. The van der Waals surface area contributed by atoms with Crippen LogP contribution in [-0.4, -0.2) is 26.0 Å². The van der Waals surface area contributed by atoms with E-state index in [1.807, 2.05) is 42.5 Å². The highest BCUT2D eigenvalue weighted by Crippen LogP contribution is 2.26. The maximum absolute atomic E-state index is 4.59. The fourth-order valence-electron chi connectivity index (χ4n) is 2.78. The number of para-hydroxylation sites is 1. The number of halogens is 1. The van der Waals surface area contributed by atoms with E-state index in [4.69, 9.17) is 0 Å². The summed E-state index contributed by atoms with van der Waals surface area (Å²) in [5.74, 6) is 0.373. The zero-order valence-electron chi connectivity index (χ0n) is 13.5. The van der Waals surface area contributed by atoms with Gasteiger partial charge in [0, 0.05) is 16.4 Å². The molecule has 7 heteroatoms. The highest BCUT2D eigenvalue weighted by molar-refractivity contribution is 9.10. The second-order valence-electron chi connectivity index (χ2n) is 5.49. The van der Waals surface area contributed by atoms with Crippen molar-refractivity contribution in [1.82, 2.24) is 19.7 Å². The second kappa shape index (κ2) is 6.60. The molecule has 0 saturated carbocycles. The normalized spacial score (nSPS) is 11.6. The molecular weight excluding hydrogens is 380 g/mol. The largest absolute Gasteiger partial charge is 0.324 e. The minimum Gasteiger partial charge on any atom is -0.324 e. The van der Waals surface area contributed by atoms with Gasteiger partial charge >= 0.3 is 0 Å². The van der Waals surface area contributed by atoms with Gasteiger partial charge in [0.25, 0.3) is 5.95 Å². The molecule has 0 saturated heterocycles. The van der Waals surface area contributed by atoms with Crippen LogP contribution in [0.3, 0.4) is 0 Å². The molecule has 124 valence electrons. The van der Waals surface area contributed by atoms with E-state index in [1.54, 1.807) is 6.21 Å². The number of benzene rings is 2. The Hall–Kier alpha value is -2.80. The van der Waals surface area contributed by atoms with Crippen molar-refractivity contribution in [2.45, 2.75) is 13.5 Å². The van der Waals surface area contributed by atoms with Gasteiger partial charge in [-0.2, -0.15) is 10.1 Å². The number of anilines is 1. The van der Waals surface area contributed by atoms with Crippen LogP contribution in [0.1, 0.15) is 12.5 Å². The van der Waals surface area contributed by atoms with Gasteiger partial charge < -0.3 is 4.57 Å². The van der Waals surface area contributed by atoms with Crippen LogP contribution in [0.2, 0.25) is 0 Å². The molecule has 0 aliphatic rings. The summed E-state index contributed by atoms with van der Waals surface area (Å²) in [5.41, 5.74) is 6.55. The summed E-state index contributed by atoms with van der Waals surface area (Å²) in [7, 11) is 0. The Labute approximate surface area is 152 Å². The van der Waals surface area contributed by atoms with Crippen LogP contribution in [0, 0.1) is 0 Å². The van der Waals surface area contributed by atoms with Crippen molar-refractivity contribution in [3.8, 4) is 0 Å². The van der Waals surface area contributed by atoms with E-state index in [0.717, 1.165) is 38.6 Å². The molecule has 0 amide bonds. The predicted octanol–water partition coefficient (Wildman–Crippen LogP) is 4.21. The van der Waals surface area contributed by atoms with Crippen molar-refractivity contribution in [2.24, 2.45) is 5.10 Å². The highest BCUT2D eigenvalue weighted by Gasteiger charge is 2.13. The summed E-state index contributed by atoms with van der Waals surface area (Å²) < 4.78 is 3.16. The lowest BCUT2D eigenvalue weighted by Crippen LogP contribution is -2.02. The van der Waals surface area contributed by atoms with Crippen molar-refractivity contribution >= 4 is 50.2 Å². The summed E-state index contributed by atoms with van der Waals surface area (Å²) >= 11 is 3.41. The van der Waals surface area contributed by atoms with Crippen LogP contribution in [0.4, 0.5) is 5.95 Å². The third-order valence-electron chi connectivity index (χ3n) is 3.94. The van der Waals surface area contributed by atoms with Gasteiger partial charge in [-0.1, -0.05) is 46.3 Å². The van der Waals surface area contributed by atoms with Crippen LogP contribution < -0.4 is 5.43 Å². The molecule has 4 rings (SSSR count). The van der Waals surface area contributed by atoms with Crippen LogP contribution in [0.5, 0.6) is 0 Å². The molecule has 0 fully saturated rings. The SMILES string of the molecule is CCn1c2ccccc2c2nnc(NN=Cc3ccc(Br)cc3)nc21. The Morgan fingerprint density at radius 3 is 2.72 bits per heavy atom. The summed E-state index contributed by atoms with van der Waals surface area (Å²) in [6.07, 6.45) is 1.72. The van der Waals surface area contributed by atoms with Crippen LogP contribution in [-0.2, 0) is 6.54 Å². The van der Waals surface area contributed by atoms with E-state index in [-0.39, 0.29) is 0 Å². The Balaban J connectivity index is 1.67. The number of hydrogen-bond donors (Lipinski definition) is 1. The predicted molar refractivity (Wildman–Crippen MR) is 104 cm³/mol. The number of aryl methyl sites for hydroxylation is 1. The monoisotopic (exact) mass is 394 g/mol. The summed E-state index contributed by atoms with van der Waals surface area (Å²) in [6, 6.07) is 16.0. The summed E-state index contributed by atoms with van der Waals surface area (Å²) in [6.45, 7) is 2.90. The van der Waals surface area contributed by atoms with Gasteiger partial charge in [-0.25, -0.2) is 5.43 Å². The van der Waals surface area contributed by atoms with E-state index in [2.05, 4.69) is 59.2 Å². The Bertz CT molecular complexity index is 1070. The van der Waals surface area contributed by atoms with E-state index >= 15 is 0 Å². The number of hydrogen-bond acceptors (Lipinski definition) is 5. The molecule has 0 aliphatic carbocycles. The highest BCUT2D eigenvalue weighted by atomic mass is 79.9. The van der Waals surface area contributed by atoms with Crippen molar-refractivity contribution in [3.05, 3.63) is 58.6 Å². The second-order valence-corrected chi connectivity index (χ2v) is 6.41. The molecule has 4 aromatic rings. The van der Waals surface area contributed by atoms with Crippen LogP contribution in [0.25, 0.3) is 22.1 Å². The lowest BCUT2D eigenvalue weighted by molar-refractivity contribution is 0.811. The Morgan fingerprint density at radius 1 is 1.12 bits per heavy atom. The maximum atomic E-state index is 4.59. The maximum Gasteiger partial charge on any atom is 0.265 e. The van der Waals surface area contributed by atoms with Crippen molar-refractivity contribution in [3.63, 3.8) is 0 Å². The molecule has 2 aromatic heterocycles. The molecule has 2 heterocycles. The molecule has 0 spiro atoms. The third kappa shape index (κ3) is 2.98. The minimum atomic E-state index is 0.373. The molecule has 2 aromatic carbocycles. The minimum absolute atomic E-state index is 0.373. The Kier molecular flexibility index (Phi) is 4.15. The van der Waals surface area contributed by atoms with E-state index in [0.29, 0.717) is 5.95 Å². The molecule has 0 bridgehead atoms. The number of hydrazone groups is 1. The van der Waals surface area contributed by atoms with Crippen LogP contribution >= 0.6 is 15.9 Å². The topological polar surface area (TPSA) is 68.0 Å². The summed E-state index contributed by atoms with van der Waals surface area (Å²) in [5, 5.41) is 13.7. The molecule has 0 unspecified atom stereocenters. The van der Waals surface area contributed by atoms with Gasteiger partial charge in [-0.05, 0) is 30.7 Å². The quantitative estimate of drug-likeness (QED) is 0.415. The van der Waals surface area contributed by atoms with E-state index in [1.165, 1.54) is 0 Å². The number of rotatable bonds is 4. The Morgan fingerprint density at radius 2 is 1.92 bits per heavy atom. The molecule has 0 aliphatic heterocycles. The van der Waals surface area contributed by atoms with Crippen molar-refractivity contribution in [1.29, 1.82) is 0 Å².